The Kier molecular flexibility index (Phi) is 7.42. The number of anilines is 1. The molecular formula is C27H26BrNO6. The summed E-state index contributed by atoms with van der Waals surface area (Å²) in [6.45, 7) is 1.96. The first-order valence-electron chi connectivity index (χ1n) is 11.0. The Morgan fingerprint density at radius 3 is 2.31 bits per heavy atom. The van der Waals surface area contributed by atoms with E-state index in [1.165, 1.54) is 14.2 Å². The van der Waals surface area contributed by atoms with Crippen molar-refractivity contribution in [2.45, 2.75) is 31.3 Å². The van der Waals surface area contributed by atoms with Crippen LogP contribution < -0.4 is 10.1 Å². The molecule has 182 valence electrons. The first-order chi connectivity index (χ1) is 16.9. The fraction of sp³-hybridized carbons (Fsp3) is 0.259. The van der Waals surface area contributed by atoms with Gasteiger partial charge < -0.3 is 24.3 Å². The zero-order chi connectivity index (χ0) is 25.0. The van der Waals surface area contributed by atoms with Crippen LogP contribution in [0.3, 0.4) is 0 Å². The first kappa shape index (κ1) is 24.8. The lowest BCUT2D eigenvalue weighted by Crippen LogP contribution is -2.49. The number of nitrogens with one attached hydrogen (secondary N) is 1. The molecule has 0 fully saturated rings. The summed E-state index contributed by atoms with van der Waals surface area (Å²) in [5.41, 5.74) is 1.31. The second kappa shape index (κ2) is 10.5. The summed E-state index contributed by atoms with van der Waals surface area (Å²) in [5.74, 6) is -0.686. The van der Waals surface area contributed by atoms with Crippen LogP contribution in [0, 0.1) is 6.92 Å². The van der Waals surface area contributed by atoms with Crippen molar-refractivity contribution in [1.82, 2.24) is 0 Å². The Bertz CT molecular complexity index is 1200. The van der Waals surface area contributed by atoms with Crippen molar-refractivity contribution < 1.29 is 28.5 Å². The molecule has 0 bridgehead atoms. The zero-order valence-corrected chi connectivity index (χ0v) is 21.2. The van der Waals surface area contributed by atoms with Gasteiger partial charge in [0, 0.05) is 15.7 Å². The summed E-state index contributed by atoms with van der Waals surface area (Å²) < 4.78 is 23.7. The van der Waals surface area contributed by atoms with Crippen LogP contribution in [0.25, 0.3) is 0 Å². The number of carbonyl (C=O) groups excluding carboxylic acids is 2. The van der Waals surface area contributed by atoms with E-state index in [-0.39, 0.29) is 6.42 Å². The number of para-hydroxylation sites is 1. The Morgan fingerprint density at radius 1 is 0.971 bits per heavy atom. The van der Waals surface area contributed by atoms with Crippen molar-refractivity contribution in [1.29, 1.82) is 0 Å². The van der Waals surface area contributed by atoms with Gasteiger partial charge in [0.05, 0.1) is 20.3 Å². The van der Waals surface area contributed by atoms with Crippen LogP contribution in [-0.2, 0) is 29.4 Å². The molecule has 0 spiro atoms. The molecule has 0 saturated carbocycles. The molecule has 7 nitrogen and oxygen atoms in total. The molecule has 4 rings (SSSR count). The maximum Gasteiger partial charge on any atom is 0.345 e. The van der Waals surface area contributed by atoms with Crippen molar-refractivity contribution >= 4 is 33.6 Å². The molecule has 3 aromatic carbocycles. The molecule has 8 heteroatoms. The number of hydrogen-bond donors (Lipinski definition) is 1. The van der Waals surface area contributed by atoms with Crippen LogP contribution in [0.15, 0.2) is 77.3 Å². The largest absolute Gasteiger partial charge is 0.469 e. The van der Waals surface area contributed by atoms with Gasteiger partial charge in [0.2, 0.25) is 11.9 Å². The van der Waals surface area contributed by atoms with Crippen LogP contribution in [0.1, 0.15) is 29.2 Å². The molecular weight excluding hydrogens is 514 g/mol. The average Bonchev–Trinajstić information content (AvgIpc) is 3.00. The molecule has 0 amide bonds. The molecule has 1 aliphatic rings. The number of hydrogen-bond acceptors (Lipinski definition) is 7. The van der Waals surface area contributed by atoms with Crippen LogP contribution in [-0.4, -0.2) is 32.4 Å². The van der Waals surface area contributed by atoms with E-state index < -0.39 is 29.9 Å². The Balaban J connectivity index is 1.96. The van der Waals surface area contributed by atoms with E-state index in [1.54, 1.807) is 6.07 Å². The van der Waals surface area contributed by atoms with Gasteiger partial charge in [-0.3, -0.25) is 4.79 Å². The predicted octanol–water partition coefficient (Wildman–Crippen LogP) is 5.28. The number of halogens is 1. The molecule has 0 saturated heterocycles. The topological polar surface area (TPSA) is 83.1 Å². The highest BCUT2D eigenvalue weighted by molar-refractivity contribution is 9.10. The Morgan fingerprint density at radius 2 is 1.66 bits per heavy atom. The van der Waals surface area contributed by atoms with Gasteiger partial charge in [-0.25, -0.2) is 4.79 Å². The first-order valence-corrected chi connectivity index (χ1v) is 11.8. The molecule has 0 aliphatic carbocycles. The van der Waals surface area contributed by atoms with Crippen molar-refractivity contribution in [3.8, 4) is 5.75 Å². The molecule has 0 unspecified atom stereocenters. The monoisotopic (exact) mass is 539 g/mol. The van der Waals surface area contributed by atoms with Gasteiger partial charge in [-0.2, -0.15) is 0 Å². The minimum Gasteiger partial charge on any atom is -0.469 e. The average molecular weight is 540 g/mol. The van der Waals surface area contributed by atoms with E-state index in [0.29, 0.717) is 16.9 Å². The highest BCUT2D eigenvalue weighted by atomic mass is 79.9. The number of benzene rings is 3. The predicted molar refractivity (Wildman–Crippen MR) is 134 cm³/mol. The number of carbonyl (C=O) groups is 2. The fourth-order valence-electron chi connectivity index (χ4n) is 4.15. The molecule has 1 N–H and O–H groups in total. The van der Waals surface area contributed by atoms with Crippen molar-refractivity contribution in [3.05, 3.63) is 94.0 Å². The molecule has 3 aromatic rings. The van der Waals surface area contributed by atoms with Crippen molar-refractivity contribution in [2.24, 2.45) is 0 Å². The molecule has 0 radical (unpaired) electrons. The van der Waals surface area contributed by atoms with Crippen molar-refractivity contribution in [3.63, 3.8) is 0 Å². The molecule has 3 atom stereocenters. The third-order valence-electron chi connectivity index (χ3n) is 5.90. The minimum atomic E-state index is -1.69. The lowest BCUT2D eigenvalue weighted by atomic mass is 9.81. The van der Waals surface area contributed by atoms with Crippen molar-refractivity contribution in [2.75, 3.05) is 19.5 Å². The zero-order valence-electron chi connectivity index (χ0n) is 19.6. The smallest absolute Gasteiger partial charge is 0.345 e. The summed E-state index contributed by atoms with van der Waals surface area (Å²) >= 11 is 3.46. The normalized spacial score (nSPS) is 21.1. The maximum atomic E-state index is 13.7. The van der Waals surface area contributed by atoms with E-state index in [1.807, 2.05) is 73.7 Å². The highest BCUT2D eigenvalue weighted by Gasteiger charge is 2.55. The molecule has 1 heterocycles. The van der Waals surface area contributed by atoms with E-state index in [4.69, 9.17) is 18.9 Å². The van der Waals surface area contributed by atoms with Gasteiger partial charge in [0.1, 0.15) is 12.2 Å². The van der Waals surface area contributed by atoms with E-state index in [9.17, 15) is 9.59 Å². The summed E-state index contributed by atoms with van der Waals surface area (Å²) in [7, 11) is 2.60. The summed E-state index contributed by atoms with van der Waals surface area (Å²) in [6.07, 6.45) is -1.33. The van der Waals surface area contributed by atoms with Gasteiger partial charge in [0.15, 0.2) is 0 Å². The van der Waals surface area contributed by atoms with E-state index in [2.05, 4.69) is 21.2 Å². The number of aryl methyl sites for hydroxylation is 1. The lowest BCUT2D eigenvalue weighted by Gasteiger charge is -2.39. The van der Waals surface area contributed by atoms with Gasteiger partial charge in [-0.15, -0.1) is 0 Å². The molecule has 1 aliphatic heterocycles. The minimum absolute atomic E-state index is 0.222. The summed E-state index contributed by atoms with van der Waals surface area (Å²) in [4.78, 5) is 25.9. The maximum absolute atomic E-state index is 13.7. The quantitative estimate of drug-likeness (QED) is 0.426. The van der Waals surface area contributed by atoms with Gasteiger partial charge in [-0.1, -0.05) is 64.0 Å². The number of ether oxygens (including phenoxy) is 4. The fourth-order valence-corrected chi connectivity index (χ4v) is 4.42. The second-order valence-electron chi connectivity index (χ2n) is 8.16. The van der Waals surface area contributed by atoms with E-state index >= 15 is 0 Å². The number of rotatable bonds is 6. The van der Waals surface area contributed by atoms with Crippen LogP contribution >= 0.6 is 15.9 Å². The van der Waals surface area contributed by atoms with Gasteiger partial charge in [0.25, 0.3) is 0 Å². The van der Waals surface area contributed by atoms with Gasteiger partial charge >= 0.3 is 11.9 Å². The molecule has 0 aromatic heterocycles. The summed E-state index contributed by atoms with van der Waals surface area (Å²) in [5, 5.41) is 3.47. The SMILES string of the molecule is COC(=O)C[C@H]1Oc2ccccc2[C@@H](Nc2ccc(Br)cc2)[C@@](C(=O)OC)(c2ccc(C)cc2)O1. The molecule has 35 heavy (non-hydrogen) atoms. The van der Waals surface area contributed by atoms with Crippen LogP contribution in [0.2, 0.25) is 0 Å². The van der Waals surface area contributed by atoms with E-state index in [0.717, 1.165) is 15.7 Å². The van der Waals surface area contributed by atoms with Crippen LogP contribution in [0.5, 0.6) is 5.75 Å². The number of fused-ring (bicyclic) bond motifs is 1. The second-order valence-corrected chi connectivity index (χ2v) is 9.08. The van der Waals surface area contributed by atoms with Gasteiger partial charge in [-0.05, 0) is 42.8 Å². The lowest BCUT2D eigenvalue weighted by molar-refractivity contribution is -0.209. The standard InChI is InChI=1S/C27H26BrNO6/c1-17-8-10-18(11-9-17)27(26(31)33-3)25(29-20-14-12-19(28)13-15-20)21-6-4-5-7-22(21)34-24(35-27)16-23(30)32-2/h4-15,24-25,29H,16H2,1-3H3/t24-,25+,27+/m0/s1. The third kappa shape index (κ3) is 5.04. The Labute approximate surface area is 212 Å². The number of esters is 2. The summed E-state index contributed by atoms with van der Waals surface area (Å²) in [6, 6.07) is 21.6. The number of methoxy groups -OCH3 is 2. The van der Waals surface area contributed by atoms with Crippen LogP contribution in [0.4, 0.5) is 5.69 Å². The third-order valence-corrected chi connectivity index (χ3v) is 6.43. The highest BCUT2D eigenvalue weighted by Crippen LogP contribution is 2.48. The Hall–Kier alpha value is -3.36.